The van der Waals surface area contributed by atoms with Crippen LogP contribution in [0.2, 0.25) is 0 Å². The Morgan fingerprint density at radius 2 is 1.87 bits per heavy atom. The summed E-state index contributed by atoms with van der Waals surface area (Å²) < 4.78 is 0. The van der Waals surface area contributed by atoms with Crippen molar-refractivity contribution >= 4 is 0 Å². The number of rotatable bonds is 7. The number of unbranched alkanes of at least 4 members (excludes halogenated alkanes) is 2. The zero-order valence-corrected chi connectivity index (χ0v) is 9.52. The molecule has 0 fully saturated rings. The average Bonchev–Trinajstić information content (AvgIpc) is 2.29. The SMILES string of the molecule is CCCCCN(CO)Cc1ccccc1. The molecule has 0 saturated heterocycles. The Kier molecular flexibility index (Phi) is 6.05. The van der Waals surface area contributed by atoms with Gasteiger partial charge in [-0.2, -0.15) is 0 Å². The Bertz CT molecular complexity index is 248. The molecule has 84 valence electrons. The van der Waals surface area contributed by atoms with Gasteiger partial charge in [0.1, 0.15) is 0 Å². The van der Waals surface area contributed by atoms with E-state index >= 15 is 0 Å². The second-order valence-electron chi connectivity index (χ2n) is 3.89. The summed E-state index contributed by atoms with van der Waals surface area (Å²) in [6.45, 7) is 4.18. The van der Waals surface area contributed by atoms with Gasteiger partial charge in [0, 0.05) is 13.1 Å². The predicted molar refractivity (Wildman–Crippen MR) is 63.5 cm³/mol. The largest absolute Gasteiger partial charge is 0.381 e. The molecule has 2 heteroatoms. The Balaban J connectivity index is 2.33. The standard InChI is InChI=1S/C13H21NO/c1-2-3-7-10-14(12-15)11-13-8-5-4-6-9-13/h4-6,8-9,15H,2-3,7,10-12H2,1H3. The highest BCUT2D eigenvalue weighted by Gasteiger charge is 2.03. The van der Waals surface area contributed by atoms with Crippen LogP contribution in [-0.4, -0.2) is 23.3 Å². The van der Waals surface area contributed by atoms with Crippen molar-refractivity contribution in [2.75, 3.05) is 13.3 Å². The molecule has 0 aromatic heterocycles. The molecule has 1 aromatic rings. The highest BCUT2D eigenvalue weighted by Crippen LogP contribution is 2.05. The van der Waals surface area contributed by atoms with E-state index < -0.39 is 0 Å². The van der Waals surface area contributed by atoms with Gasteiger partial charge in [0.05, 0.1) is 6.73 Å². The Morgan fingerprint density at radius 3 is 2.47 bits per heavy atom. The quantitative estimate of drug-likeness (QED) is 0.549. The van der Waals surface area contributed by atoms with Gasteiger partial charge in [0.15, 0.2) is 0 Å². The highest BCUT2D eigenvalue weighted by atomic mass is 16.3. The summed E-state index contributed by atoms with van der Waals surface area (Å²) in [6, 6.07) is 10.3. The van der Waals surface area contributed by atoms with Crippen molar-refractivity contribution in [3.05, 3.63) is 35.9 Å². The minimum atomic E-state index is 0.151. The molecule has 0 atom stereocenters. The van der Waals surface area contributed by atoms with Crippen LogP contribution in [0.3, 0.4) is 0 Å². The molecule has 0 aliphatic heterocycles. The van der Waals surface area contributed by atoms with Crippen LogP contribution in [0.1, 0.15) is 31.7 Å². The fraction of sp³-hybridized carbons (Fsp3) is 0.538. The van der Waals surface area contributed by atoms with Crippen molar-refractivity contribution in [1.29, 1.82) is 0 Å². The molecule has 0 amide bonds. The van der Waals surface area contributed by atoms with Crippen molar-refractivity contribution in [3.63, 3.8) is 0 Å². The Morgan fingerprint density at radius 1 is 1.13 bits per heavy atom. The van der Waals surface area contributed by atoms with E-state index in [-0.39, 0.29) is 6.73 Å². The van der Waals surface area contributed by atoms with Crippen molar-refractivity contribution in [1.82, 2.24) is 4.90 Å². The van der Waals surface area contributed by atoms with Crippen molar-refractivity contribution in [2.45, 2.75) is 32.7 Å². The number of aliphatic hydroxyl groups is 1. The first-order chi connectivity index (χ1) is 7.36. The van der Waals surface area contributed by atoms with Gasteiger partial charge in [-0.25, -0.2) is 0 Å². The van der Waals surface area contributed by atoms with Crippen LogP contribution in [-0.2, 0) is 6.54 Å². The van der Waals surface area contributed by atoms with E-state index in [9.17, 15) is 5.11 Å². The Hall–Kier alpha value is -0.860. The lowest BCUT2D eigenvalue weighted by atomic mass is 10.2. The van der Waals surface area contributed by atoms with E-state index in [0.29, 0.717) is 0 Å². The fourth-order valence-electron chi connectivity index (χ4n) is 1.63. The van der Waals surface area contributed by atoms with Crippen LogP contribution in [0.15, 0.2) is 30.3 Å². The lowest BCUT2D eigenvalue weighted by Crippen LogP contribution is -2.25. The maximum absolute atomic E-state index is 9.21. The third-order valence-corrected chi connectivity index (χ3v) is 2.53. The van der Waals surface area contributed by atoms with E-state index in [1.807, 2.05) is 18.2 Å². The zero-order valence-electron chi connectivity index (χ0n) is 9.52. The monoisotopic (exact) mass is 207 g/mol. The van der Waals surface area contributed by atoms with Crippen molar-refractivity contribution in [2.24, 2.45) is 0 Å². The van der Waals surface area contributed by atoms with E-state index in [1.54, 1.807) is 0 Å². The van der Waals surface area contributed by atoms with Crippen LogP contribution in [0.5, 0.6) is 0 Å². The summed E-state index contributed by atoms with van der Waals surface area (Å²) in [7, 11) is 0. The summed E-state index contributed by atoms with van der Waals surface area (Å²) in [5, 5.41) is 9.21. The first-order valence-electron chi connectivity index (χ1n) is 5.74. The summed E-state index contributed by atoms with van der Waals surface area (Å²) in [4.78, 5) is 2.07. The maximum Gasteiger partial charge on any atom is 0.0959 e. The molecule has 0 aliphatic carbocycles. The van der Waals surface area contributed by atoms with Gasteiger partial charge in [0.2, 0.25) is 0 Å². The van der Waals surface area contributed by atoms with Crippen LogP contribution in [0.4, 0.5) is 0 Å². The molecule has 0 aliphatic rings. The van der Waals surface area contributed by atoms with Gasteiger partial charge in [-0.05, 0) is 12.0 Å². The van der Waals surface area contributed by atoms with Crippen LogP contribution >= 0.6 is 0 Å². The number of hydrogen-bond donors (Lipinski definition) is 1. The predicted octanol–water partition coefficient (Wildman–Crippen LogP) is 2.63. The first kappa shape index (κ1) is 12.2. The smallest absolute Gasteiger partial charge is 0.0959 e. The number of hydrogen-bond acceptors (Lipinski definition) is 2. The van der Waals surface area contributed by atoms with E-state index in [2.05, 4.69) is 24.0 Å². The molecule has 0 unspecified atom stereocenters. The molecule has 0 radical (unpaired) electrons. The molecule has 2 nitrogen and oxygen atoms in total. The minimum absolute atomic E-state index is 0.151. The van der Waals surface area contributed by atoms with Gasteiger partial charge in [-0.15, -0.1) is 0 Å². The molecular formula is C13H21NO. The van der Waals surface area contributed by atoms with Gasteiger partial charge in [-0.3, -0.25) is 4.90 Å². The number of nitrogens with zero attached hydrogens (tertiary/aromatic N) is 1. The molecule has 15 heavy (non-hydrogen) atoms. The van der Waals surface area contributed by atoms with Crippen LogP contribution in [0.25, 0.3) is 0 Å². The third-order valence-electron chi connectivity index (χ3n) is 2.53. The van der Waals surface area contributed by atoms with Crippen LogP contribution < -0.4 is 0 Å². The minimum Gasteiger partial charge on any atom is -0.381 e. The number of aliphatic hydroxyl groups excluding tert-OH is 1. The molecule has 0 heterocycles. The molecule has 1 aromatic carbocycles. The lowest BCUT2D eigenvalue weighted by molar-refractivity contribution is 0.0988. The van der Waals surface area contributed by atoms with Crippen molar-refractivity contribution in [3.8, 4) is 0 Å². The van der Waals surface area contributed by atoms with E-state index in [0.717, 1.165) is 13.1 Å². The molecule has 1 N–H and O–H groups in total. The molecule has 1 rings (SSSR count). The normalized spacial score (nSPS) is 10.9. The fourth-order valence-corrected chi connectivity index (χ4v) is 1.63. The van der Waals surface area contributed by atoms with Crippen molar-refractivity contribution < 1.29 is 5.11 Å². The molecule has 0 spiro atoms. The van der Waals surface area contributed by atoms with Crippen LogP contribution in [0, 0.1) is 0 Å². The summed E-state index contributed by atoms with van der Waals surface area (Å²) >= 11 is 0. The molecular weight excluding hydrogens is 186 g/mol. The topological polar surface area (TPSA) is 23.5 Å². The second-order valence-corrected chi connectivity index (χ2v) is 3.89. The van der Waals surface area contributed by atoms with E-state index in [1.165, 1.54) is 24.8 Å². The third kappa shape index (κ3) is 4.96. The highest BCUT2D eigenvalue weighted by molar-refractivity contribution is 5.14. The first-order valence-corrected chi connectivity index (χ1v) is 5.74. The summed E-state index contributed by atoms with van der Waals surface area (Å²) in [5.74, 6) is 0. The molecule has 0 saturated carbocycles. The maximum atomic E-state index is 9.21. The van der Waals surface area contributed by atoms with Gasteiger partial charge in [-0.1, -0.05) is 50.1 Å². The van der Waals surface area contributed by atoms with Gasteiger partial charge in [0.25, 0.3) is 0 Å². The van der Waals surface area contributed by atoms with E-state index in [4.69, 9.17) is 0 Å². The summed E-state index contributed by atoms with van der Waals surface area (Å²) in [5.41, 5.74) is 1.27. The Labute approximate surface area is 92.5 Å². The summed E-state index contributed by atoms with van der Waals surface area (Å²) in [6.07, 6.45) is 3.64. The molecule has 0 bridgehead atoms. The van der Waals surface area contributed by atoms with Gasteiger partial charge < -0.3 is 5.11 Å². The lowest BCUT2D eigenvalue weighted by Gasteiger charge is -2.19. The number of benzene rings is 1. The zero-order chi connectivity index (χ0) is 10.9. The average molecular weight is 207 g/mol. The van der Waals surface area contributed by atoms with Gasteiger partial charge >= 0.3 is 0 Å². The second kappa shape index (κ2) is 7.43.